The molecule has 1 unspecified atom stereocenters. The van der Waals surface area contributed by atoms with Crippen LogP contribution in [0.1, 0.15) is 39.8 Å². The molecule has 3 heterocycles. The van der Waals surface area contributed by atoms with E-state index in [9.17, 15) is 9.90 Å². The second-order valence-electron chi connectivity index (χ2n) is 10.7. The fraction of sp³-hybridized carbons (Fsp3) is 0.419. The van der Waals surface area contributed by atoms with E-state index in [1.54, 1.807) is 12.0 Å². The van der Waals surface area contributed by atoms with Crippen molar-refractivity contribution < 1.29 is 14.6 Å². The molecule has 4 aromatic rings. The Labute approximate surface area is 242 Å². The van der Waals surface area contributed by atoms with Gasteiger partial charge in [0, 0.05) is 57.0 Å². The van der Waals surface area contributed by atoms with Crippen LogP contribution in [0.4, 0.5) is 5.69 Å². The van der Waals surface area contributed by atoms with Crippen molar-refractivity contribution in [2.75, 3.05) is 46.7 Å². The van der Waals surface area contributed by atoms with Crippen LogP contribution in [-0.4, -0.2) is 88.0 Å². The molecule has 0 saturated heterocycles. The Morgan fingerprint density at radius 2 is 1.88 bits per heavy atom. The van der Waals surface area contributed by atoms with Gasteiger partial charge in [-0.1, -0.05) is 6.07 Å². The first-order chi connectivity index (χ1) is 19.6. The maximum atomic E-state index is 13.9. The standard InChI is InChI=1S/C31H41N7O3/c1-8-38-21(3)23(15-33-38)17-37(6)31(40)26-14-30(35-28-10-9-22(19-41-7)13-25(26)28)29-12-11-27(20(2)34-29)32-16-24(39)18-36(4)5/h9-15,24,32,39H,8,16-19H2,1-7H3. The number of amides is 1. The highest BCUT2D eigenvalue weighted by atomic mass is 16.5. The number of methoxy groups -OCH3 is 1. The minimum absolute atomic E-state index is 0.109. The predicted octanol–water partition coefficient (Wildman–Crippen LogP) is 3.88. The fourth-order valence-corrected chi connectivity index (χ4v) is 4.93. The topological polar surface area (TPSA) is 109 Å². The SMILES string of the molecule is CCn1ncc(CN(C)C(=O)c2cc(-c3ccc(NCC(O)CN(C)C)c(C)n3)nc3ccc(COC)cc23)c1C. The lowest BCUT2D eigenvalue weighted by atomic mass is 10.0. The Morgan fingerprint density at radius 1 is 1.10 bits per heavy atom. The number of nitrogens with zero attached hydrogens (tertiary/aromatic N) is 6. The van der Waals surface area contributed by atoms with Gasteiger partial charge >= 0.3 is 0 Å². The lowest BCUT2D eigenvalue weighted by molar-refractivity contribution is 0.0786. The third kappa shape index (κ3) is 7.08. The molecule has 0 aliphatic carbocycles. The van der Waals surface area contributed by atoms with Gasteiger partial charge in [-0.05, 0) is 70.8 Å². The Bertz CT molecular complexity index is 1520. The molecule has 41 heavy (non-hydrogen) atoms. The van der Waals surface area contributed by atoms with Crippen LogP contribution in [0.2, 0.25) is 0 Å². The Hall–Kier alpha value is -3.86. The normalized spacial score (nSPS) is 12.2. The van der Waals surface area contributed by atoms with E-state index in [2.05, 4.69) is 10.4 Å². The number of aliphatic hydroxyl groups is 1. The van der Waals surface area contributed by atoms with Gasteiger partial charge in [0.15, 0.2) is 0 Å². The van der Waals surface area contributed by atoms with E-state index < -0.39 is 6.10 Å². The molecule has 0 aliphatic rings. The summed E-state index contributed by atoms with van der Waals surface area (Å²) in [6.07, 6.45) is 1.33. The van der Waals surface area contributed by atoms with E-state index in [0.29, 0.717) is 48.7 Å². The number of likely N-dealkylation sites (N-methyl/N-ethyl adjacent to an activating group) is 1. The number of carbonyl (C=O) groups excluding carboxylic acids is 1. The van der Waals surface area contributed by atoms with E-state index in [1.807, 2.05) is 94.1 Å². The van der Waals surface area contributed by atoms with Crippen LogP contribution in [0.25, 0.3) is 22.3 Å². The molecule has 2 N–H and O–H groups in total. The number of fused-ring (bicyclic) bond motifs is 1. The van der Waals surface area contributed by atoms with Crippen molar-refractivity contribution in [3.8, 4) is 11.4 Å². The largest absolute Gasteiger partial charge is 0.390 e. The molecule has 0 bridgehead atoms. The number of nitrogens with one attached hydrogen (secondary N) is 1. The van der Waals surface area contributed by atoms with E-state index in [-0.39, 0.29) is 5.91 Å². The lowest BCUT2D eigenvalue weighted by Crippen LogP contribution is -2.31. The second kappa shape index (κ2) is 13.2. The molecular formula is C31H41N7O3. The summed E-state index contributed by atoms with van der Waals surface area (Å²) in [4.78, 5) is 27.3. The lowest BCUT2D eigenvalue weighted by Gasteiger charge is -2.19. The van der Waals surface area contributed by atoms with Crippen LogP contribution in [0.3, 0.4) is 0 Å². The molecule has 4 rings (SSSR count). The number of aryl methyl sites for hydroxylation is 2. The van der Waals surface area contributed by atoms with Crippen LogP contribution >= 0.6 is 0 Å². The fourth-order valence-electron chi connectivity index (χ4n) is 4.93. The predicted molar refractivity (Wildman–Crippen MR) is 162 cm³/mol. The highest BCUT2D eigenvalue weighted by molar-refractivity contribution is 6.07. The quantitative estimate of drug-likeness (QED) is 0.269. The first-order valence-corrected chi connectivity index (χ1v) is 13.8. The van der Waals surface area contributed by atoms with Gasteiger partial charge in [0.05, 0.1) is 52.8 Å². The highest BCUT2D eigenvalue weighted by Crippen LogP contribution is 2.28. The van der Waals surface area contributed by atoms with Crippen LogP contribution < -0.4 is 5.32 Å². The zero-order valence-electron chi connectivity index (χ0n) is 25.1. The van der Waals surface area contributed by atoms with Gasteiger partial charge < -0.3 is 25.0 Å². The average molecular weight is 560 g/mol. The van der Waals surface area contributed by atoms with Crippen molar-refractivity contribution in [1.82, 2.24) is 29.5 Å². The molecule has 10 heteroatoms. The molecule has 218 valence electrons. The summed E-state index contributed by atoms with van der Waals surface area (Å²) in [5, 5.41) is 18.7. The summed E-state index contributed by atoms with van der Waals surface area (Å²) < 4.78 is 7.27. The molecule has 1 atom stereocenters. The molecule has 0 fully saturated rings. The Morgan fingerprint density at radius 3 is 2.54 bits per heavy atom. The zero-order chi connectivity index (χ0) is 29.7. The summed E-state index contributed by atoms with van der Waals surface area (Å²) >= 11 is 0. The third-order valence-corrected chi connectivity index (χ3v) is 7.13. The smallest absolute Gasteiger partial charge is 0.254 e. The summed E-state index contributed by atoms with van der Waals surface area (Å²) in [7, 11) is 7.32. The van der Waals surface area contributed by atoms with Crippen molar-refractivity contribution in [3.05, 3.63) is 70.7 Å². The number of aliphatic hydroxyl groups excluding tert-OH is 1. The Balaban J connectivity index is 1.68. The van der Waals surface area contributed by atoms with Crippen molar-refractivity contribution in [2.24, 2.45) is 0 Å². The molecule has 0 aliphatic heterocycles. The Kier molecular flexibility index (Phi) is 9.69. The number of benzene rings is 1. The monoisotopic (exact) mass is 559 g/mol. The van der Waals surface area contributed by atoms with Gasteiger partial charge in [0.2, 0.25) is 0 Å². The van der Waals surface area contributed by atoms with Gasteiger partial charge in [-0.25, -0.2) is 9.97 Å². The number of carbonyl (C=O) groups is 1. The molecule has 0 saturated carbocycles. The number of hydrogen-bond donors (Lipinski definition) is 2. The third-order valence-electron chi connectivity index (χ3n) is 7.13. The van der Waals surface area contributed by atoms with Crippen molar-refractivity contribution in [2.45, 2.75) is 46.6 Å². The number of ether oxygens (including phenoxy) is 1. The van der Waals surface area contributed by atoms with Crippen molar-refractivity contribution in [1.29, 1.82) is 0 Å². The van der Waals surface area contributed by atoms with Gasteiger partial charge in [-0.2, -0.15) is 5.10 Å². The molecule has 3 aromatic heterocycles. The molecule has 0 spiro atoms. The van der Waals surface area contributed by atoms with Crippen LogP contribution in [0.5, 0.6) is 0 Å². The van der Waals surface area contributed by atoms with E-state index >= 15 is 0 Å². The first-order valence-electron chi connectivity index (χ1n) is 13.8. The van der Waals surface area contributed by atoms with Gasteiger partial charge in [0.1, 0.15) is 0 Å². The van der Waals surface area contributed by atoms with E-state index in [1.165, 1.54) is 0 Å². The molecule has 10 nitrogen and oxygen atoms in total. The number of hydrogen-bond acceptors (Lipinski definition) is 8. The molecule has 1 amide bonds. The zero-order valence-corrected chi connectivity index (χ0v) is 25.1. The number of pyridine rings is 2. The average Bonchev–Trinajstić information content (AvgIpc) is 3.29. The molecule has 0 radical (unpaired) electrons. The van der Waals surface area contributed by atoms with Crippen molar-refractivity contribution in [3.63, 3.8) is 0 Å². The summed E-state index contributed by atoms with van der Waals surface area (Å²) in [6, 6.07) is 11.5. The number of aromatic nitrogens is 4. The van der Waals surface area contributed by atoms with Gasteiger partial charge in [0.25, 0.3) is 5.91 Å². The summed E-state index contributed by atoms with van der Waals surface area (Å²) in [5.41, 5.74) is 7.21. The van der Waals surface area contributed by atoms with Crippen LogP contribution in [-0.2, 0) is 24.4 Å². The van der Waals surface area contributed by atoms with Crippen LogP contribution in [0.15, 0.2) is 42.6 Å². The highest BCUT2D eigenvalue weighted by Gasteiger charge is 2.20. The van der Waals surface area contributed by atoms with Gasteiger partial charge in [-0.15, -0.1) is 0 Å². The molecular weight excluding hydrogens is 518 g/mol. The van der Waals surface area contributed by atoms with E-state index in [0.717, 1.165) is 40.1 Å². The maximum Gasteiger partial charge on any atom is 0.254 e. The van der Waals surface area contributed by atoms with E-state index in [4.69, 9.17) is 14.7 Å². The minimum Gasteiger partial charge on any atom is -0.390 e. The van der Waals surface area contributed by atoms with Crippen molar-refractivity contribution >= 4 is 22.5 Å². The van der Waals surface area contributed by atoms with Gasteiger partial charge in [-0.3, -0.25) is 9.48 Å². The maximum absolute atomic E-state index is 13.9. The minimum atomic E-state index is -0.500. The second-order valence-corrected chi connectivity index (χ2v) is 10.7. The number of rotatable bonds is 12. The summed E-state index contributed by atoms with van der Waals surface area (Å²) in [5.74, 6) is -0.109. The number of anilines is 1. The summed E-state index contributed by atoms with van der Waals surface area (Å²) in [6.45, 7) is 8.64. The van der Waals surface area contributed by atoms with Crippen LogP contribution in [0, 0.1) is 13.8 Å². The first kappa shape index (κ1) is 30.1. The molecule has 1 aromatic carbocycles.